The molecule has 0 aliphatic heterocycles. The van der Waals surface area contributed by atoms with Gasteiger partial charge < -0.3 is 15.4 Å². The van der Waals surface area contributed by atoms with Crippen LogP contribution in [0.25, 0.3) is 0 Å². The van der Waals surface area contributed by atoms with Gasteiger partial charge in [-0.15, -0.1) is 0 Å². The highest BCUT2D eigenvalue weighted by Crippen LogP contribution is 2.14. The van der Waals surface area contributed by atoms with E-state index in [0.29, 0.717) is 5.69 Å². The van der Waals surface area contributed by atoms with Gasteiger partial charge in [0.25, 0.3) is 0 Å². The number of hydrogen-bond acceptors (Lipinski definition) is 2. The zero-order valence-electron chi connectivity index (χ0n) is 11.1. The number of benzene rings is 2. The largest absolute Gasteiger partial charge is 0.435 e. The van der Waals surface area contributed by atoms with Crippen molar-refractivity contribution in [1.29, 1.82) is 0 Å². The summed E-state index contributed by atoms with van der Waals surface area (Å²) < 4.78 is 28.2. The van der Waals surface area contributed by atoms with Gasteiger partial charge in [0.1, 0.15) is 5.75 Å². The van der Waals surface area contributed by atoms with Gasteiger partial charge in [0.2, 0.25) is 0 Å². The monoisotopic (exact) mass is 292 g/mol. The second-order valence-corrected chi connectivity index (χ2v) is 4.20. The molecular weight excluding hydrogens is 278 g/mol. The van der Waals surface area contributed by atoms with Crippen LogP contribution in [0.2, 0.25) is 0 Å². The van der Waals surface area contributed by atoms with Gasteiger partial charge in [0.05, 0.1) is 0 Å². The van der Waals surface area contributed by atoms with E-state index >= 15 is 0 Å². The van der Waals surface area contributed by atoms with E-state index in [9.17, 15) is 13.6 Å². The minimum absolute atomic E-state index is 0.0856. The highest BCUT2D eigenvalue weighted by atomic mass is 19.3. The van der Waals surface area contributed by atoms with Crippen LogP contribution in [0.4, 0.5) is 19.3 Å². The fourth-order valence-corrected chi connectivity index (χ4v) is 1.67. The first kappa shape index (κ1) is 14.8. The number of para-hydroxylation sites is 1. The number of anilines is 1. The zero-order valence-corrected chi connectivity index (χ0v) is 11.1. The number of urea groups is 1. The normalized spacial score (nSPS) is 10.2. The number of ether oxygens (including phenoxy) is 1. The first-order chi connectivity index (χ1) is 10.1. The Balaban J connectivity index is 1.81. The SMILES string of the molecule is O=C(NCc1ccc(OC(F)F)cc1)Nc1ccccc1. The van der Waals surface area contributed by atoms with Gasteiger partial charge in [-0.3, -0.25) is 0 Å². The van der Waals surface area contributed by atoms with E-state index in [1.807, 2.05) is 18.2 Å². The molecule has 0 atom stereocenters. The Kier molecular flexibility index (Phi) is 5.09. The maximum atomic E-state index is 12.0. The summed E-state index contributed by atoms with van der Waals surface area (Å²) in [6.45, 7) is -2.56. The summed E-state index contributed by atoms with van der Waals surface area (Å²) in [5.74, 6) is 0.0856. The number of halogens is 2. The number of carbonyl (C=O) groups excluding carboxylic acids is 1. The fraction of sp³-hybridized carbons (Fsp3) is 0.133. The molecule has 0 unspecified atom stereocenters. The van der Waals surface area contributed by atoms with Gasteiger partial charge in [0.15, 0.2) is 0 Å². The van der Waals surface area contributed by atoms with E-state index in [2.05, 4.69) is 15.4 Å². The van der Waals surface area contributed by atoms with Crippen LogP contribution in [0.15, 0.2) is 54.6 Å². The molecule has 4 nitrogen and oxygen atoms in total. The van der Waals surface area contributed by atoms with Gasteiger partial charge in [-0.1, -0.05) is 30.3 Å². The third-order valence-corrected chi connectivity index (χ3v) is 2.63. The summed E-state index contributed by atoms with van der Waals surface area (Å²) in [6, 6.07) is 14.8. The van der Waals surface area contributed by atoms with Crippen molar-refractivity contribution in [3.8, 4) is 5.75 Å². The summed E-state index contributed by atoms with van der Waals surface area (Å²) >= 11 is 0. The molecule has 0 bridgehead atoms. The number of amides is 2. The Morgan fingerprint density at radius 2 is 1.71 bits per heavy atom. The molecule has 0 aliphatic rings. The lowest BCUT2D eigenvalue weighted by atomic mass is 10.2. The number of rotatable bonds is 5. The highest BCUT2D eigenvalue weighted by Gasteiger charge is 2.04. The lowest BCUT2D eigenvalue weighted by molar-refractivity contribution is -0.0498. The van der Waals surface area contributed by atoms with Crippen molar-refractivity contribution in [3.63, 3.8) is 0 Å². The molecule has 0 radical (unpaired) electrons. The van der Waals surface area contributed by atoms with Crippen molar-refractivity contribution >= 4 is 11.7 Å². The zero-order chi connectivity index (χ0) is 15.1. The van der Waals surface area contributed by atoms with Gasteiger partial charge >= 0.3 is 12.6 Å². The van der Waals surface area contributed by atoms with Crippen LogP contribution in [0.5, 0.6) is 5.75 Å². The second kappa shape index (κ2) is 7.23. The van der Waals surface area contributed by atoms with Crippen LogP contribution in [-0.2, 0) is 6.54 Å². The molecule has 2 rings (SSSR count). The Morgan fingerprint density at radius 3 is 2.33 bits per heavy atom. The number of carbonyl (C=O) groups is 1. The molecule has 2 N–H and O–H groups in total. The maximum absolute atomic E-state index is 12.0. The van der Waals surface area contributed by atoms with Gasteiger partial charge in [-0.2, -0.15) is 8.78 Å². The van der Waals surface area contributed by atoms with Crippen molar-refractivity contribution in [1.82, 2.24) is 5.32 Å². The first-order valence-corrected chi connectivity index (χ1v) is 6.27. The van der Waals surface area contributed by atoms with E-state index in [1.165, 1.54) is 12.1 Å². The summed E-state index contributed by atoms with van der Waals surface area (Å²) in [5, 5.41) is 5.34. The number of hydrogen-bond donors (Lipinski definition) is 2. The molecule has 0 aromatic heterocycles. The molecular formula is C15H14F2N2O2. The van der Waals surface area contributed by atoms with E-state index < -0.39 is 6.61 Å². The van der Waals surface area contributed by atoms with Crippen LogP contribution < -0.4 is 15.4 Å². The molecule has 2 aromatic carbocycles. The minimum Gasteiger partial charge on any atom is -0.435 e. The molecule has 21 heavy (non-hydrogen) atoms. The third kappa shape index (κ3) is 5.10. The lowest BCUT2D eigenvalue weighted by Crippen LogP contribution is -2.28. The molecule has 0 saturated carbocycles. The summed E-state index contributed by atoms with van der Waals surface area (Å²) in [5.41, 5.74) is 1.47. The molecule has 2 amide bonds. The first-order valence-electron chi connectivity index (χ1n) is 6.27. The van der Waals surface area contributed by atoms with Crippen molar-refractivity contribution < 1.29 is 18.3 Å². The summed E-state index contributed by atoms with van der Waals surface area (Å²) in [4.78, 5) is 11.7. The highest BCUT2D eigenvalue weighted by molar-refractivity contribution is 5.89. The predicted molar refractivity (Wildman–Crippen MR) is 75.4 cm³/mol. The molecule has 0 spiro atoms. The predicted octanol–water partition coefficient (Wildman–Crippen LogP) is 3.61. The maximum Gasteiger partial charge on any atom is 0.387 e. The Bertz CT molecular complexity index is 574. The van der Waals surface area contributed by atoms with Crippen LogP contribution in [0, 0.1) is 0 Å². The van der Waals surface area contributed by atoms with Gasteiger partial charge in [-0.25, -0.2) is 4.79 Å². The van der Waals surface area contributed by atoms with Crippen molar-refractivity contribution in [2.24, 2.45) is 0 Å². The molecule has 110 valence electrons. The van der Waals surface area contributed by atoms with Crippen molar-refractivity contribution in [2.75, 3.05) is 5.32 Å². The molecule has 6 heteroatoms. The van der Waals surface area contributed by atoms with Gasteiger partial charge in [-0.05, 0) is 29.8 Å². The van der Waals surface area contributed by atoms with Crippen LogP contribution >= 0.6 is 0 Å². The molecule has 0 fully saturated rings. The lowest BCUT2D eigenvalue weighted by Gasteiger charge is -2.08. The second-order valence-electron chi connectivity index (χ2n) is 4.20. The van der Waals surface area contributed by atoms with E-state index in [-0.39, 0.29) is 18.3 Å². The Labute approximate surface area is 120 Å². The average Bonchev–Trinajstić information content (AvgIpc) is 2.47. The Hall–Kier alpha value is -2.63. The molecule has 0 heterocycles. The van der Waals surface area contributed by atoms with Crippen LogP contribution in [-0.4, -0.2) is 12.6 Å². The quantitative estimate of drug-likeness (QED) is 0.884. The van der Waals surface area contributed by atoms with E-state index in [1.54, 1.807) is 24.3 Å². The van der Waals surface area contributed by atoms with Crippen LogP contribution in [0.3, 0.4) is 0 Å². The Morgan fingerprint density at radius 1 is 1.05 bits per heavy atom. The van der Waals surface area contributed by atoms with E-state index in [4.69, 9.17) is 0 Å². The van der Waals surface area contributed by atoms with Crippen molar-refractivity contribution in [2.45, 2.75) is 13.2 Å². The molecule has 0 saturated heterocycles. The summed E-state index contributed by atoms with van der Waals surface area (Å²) in [7, 11) is 0. The number of nitrogens with one attached hydrogen (secondary N) is 2. The standard InChI is InChI=1S/C15H14F2N2O2/c16-14(17)21-13-8-6-11(7-9-13)10-18-15(20)19-12-4-2-1-3-5-12/h1-9,14H,10H2,(H2,18,19,20). The summed E-state index contributed by atoms with van der Waals surface area (Å²) in [6.07, 6.45) is 0. The van der Waals surface area contributed by atoms with Crippen molar-refractivity contribution in [3.05, 3.63) is 60.2 Å². The molecule has 2 aromatic rings. The average molecular weight is 292 g/mol. The smallest absolute Gasteiger partial charge is 0.387 e. The third-order valence-electron chi connectivity index (χ3n) is 2.63. The molecule has 0 aliphatic carbocycles. The minimum atomic E-state index is -2.84. The van der Waals surface area contributed by atoms with E-state index in [0.717, 1.165) is 5.56 Å². The number of alkyl halides is 2. The topological polar surface area (TPSA) is 50.4 Å². The van der Waals surface area contributed by atoms with Gasteiger partial charge in [0, 0.05) is 12.2 Å². The van der Waals surface area contributed by atoms with Crippen LogP contribution in [0.1, 0.15) is 5.56 Å². The fourth-order valence-electron chi connectivity index (χ4n) is 1.67.